The predicted molar refractivity (Wildman–Crippen MR) is 144 cm³/mol. The molecule has 3 fully saturated rings. The van der Waals surface area contributed by atoms with Crippen LogP contribution in [0, 0.1) is 11.6 Å². The summed E-state index contributed by atoms with van der Waals surface area (Å²) in [5.41, 5.74) is 1.57. The number of thioether (sulfide) groups is 1. The van der Waals surface area contributed by atoms with Crippen LogP contribution in [0.5, 0.6) is 0 Å². The van der Waals surface area contributed by atoms with E-state index < -0.39 is 22.8 Å². The molecule has 2 aromatic carbocycles. The van der Waals surface area contributed by atoms with E-state index in [0.717, 1.165) is 81.3 Å². The highest BCUT2D eigenvalue weighted by molar-refractivity contribution is 8.18. The lowest BCUT2D eigenvalue weighted by Gasteiger charge is -2.36. The van der Waals surface area contributed by atoms with Gasteiger partial charge in [0.1, 0.15) is 0 Å². The fourth-order valence-electron chi connectivity index (χ4n) is 4.79. The van der Waals surface area contributed by atoms with E-state index >= 15 is 0 Å². The second-order valence-electron chi connectivity index (χ2n) is 9.73. The van der Waals surface area contributed by atoms with Gasteiger partial charge in [-0.1, -0.05) is 18.2 Å². The summed E-state index contributed by atoms with van der Waals surface area (Å²) in [5.74, 6) is -2.55. The molecule has 0 N–H and O–H groups in total. The minimum atomic E-state index is -1.03. The molecule has 39 heavy (non-hydrogen) atoms. The molecule has 3 amide bonds. The number of hydrogen-bond acceptors (Lipinski definition) is 7. The maximum atomic E-state index is 13.5. The van der Waals surface area contributed by atoms with Gasteiger partial charge in [-0.25, -0.2) is 8.78 Å². The highest BCUT2D eigenvalue weighted by atomic mass is 32.2. The number of amides is 3. The first kappa shape index (κ1) is 27.4. The first-order valence-electron chi connectivity index (χ1n) is 13.0. The van der Waals surface area contributed by atoms with Gasteiger partial charge >= 0.3 is 0 Å². The Bertz CT molecular complexity index is 1260. The van der Waals surface area contributed by atoms with E-state index in [1.165, 1.54) is 6.07 Å². The van der Waals surface area contributed by atoms with Crippen LogP contribution in [0.2, 0.25) is 0 Å². The van der Waals surface area contributed by atoms with Gasteiger partial charge in [0, 0.05) is 57.9 Å². The van der Waals surface area contributed by atoms with E-state index in [-0.39, 0.29) is 17.4 Å². The Labute approximate surface area is 230 Å². The minimum Gasteiger partial charge on any atom is -0.379 e. The molecule has 8 nitrogen and oxygen atoms in total. The molecule has 2 aromatic rings. The van der Waals surface area contributed by atoms with Crippen LogP contribution in [0.3, 0.4) is 0 Å². The Balaban J connectivity index is 1.14. The Hall–Kier alpha value is -3.12. The van der Waals surface area contributed by atoms with Gasteiger partial charge < -0.3 is 9.64 Å². The SMILES string of the molecule is O=C(c1ccc(C=C2SC(=O)N(Cc3ccc(F)c(F)c3)C2=O)cc1)N1CCN(CCN2CCOCC2)CC1. The number of ether oxygens (including phenoxy) is 1. The van der Waals surface area contributed by atoms with Gasteiger partial charge in [-0.3, -0.25) is 29.1 Å². The second kappa shape index (κ2) is 12.4. The molecule has 3 aliphatic heterocycles. The van der Waals surface area contributed by atoms with Gasteiger partial charge in [0.15, 0.2) is 11.6 Å². The summed E-state index contributed by atoms with van der Waals surface area (Å²) < 4.78 is 32.1. The number of nitrogens with zero attached hydrogens (tertiary/aromatic N) is 4. The number of hydrogen-bond donors (Lipinski definition) is 0. The molecule has 5 rings (SSSR count). The first-order chi connectivity index (χ1) is 18.9. The van der Waals surface area contributed by atoms with E-state index in [2.05, 4.69) is 9.80 Å². The summed E-state index contributed by atoms with van der Waals surface area (Å²) in [6.45, 7) is 8.44. The van der Waals surface area contributed by atoms with Crippen LogP contribution in [0.1, 0.15) is 21.5 Å². The van der Waals surface area contributed by atoms with Crippen LogP contribution >= 0.6 is 11.8 Å². The molecule has 0 aliphatic carbocycles. The highest BCUT2D eigenvalue weighted by Gasteiger charge is 2.35. The lowest BCUT2D eigenvalue weighted by molar-refractivity contribution is -0.123. The molecular formula is C28H30F2N4O4S. The van der Waals surface area contributed by atoms with Gasteiger partial charge in [-0.2, -0.15) is 0 Å². The van der Waals surface area contributed by atoms with Gasteiger partial charge in [0.2, 0.25) is 0 Å². The standard InChI is InChI=1S/C28H30F2N4O4S/c29-23-6-3-21(17-24(23)30)19-34-27(36)25(39-28(34)37)18-20-1-4-22(5-2-20)26(35)33-11-9-31(10-12-33)7-8-32-13-15-38-16-14-32/h1-6,17-18H,7-16,19H2. The second-order valence-corrected chi connectivity index (χ2v) is 10.7. The molecule has 0 saturated carbocycles. The predicted octanol–water partition coefficient (Wildman–Crippen LogP) is 3.29. The monoisotopic (exact) mass is 556 g/mol. The van der Waals surface area contributed by atoms with Crippen molar-refractivity contribution in [3.8, 4) is 0 Å². The Kier molecular flexibility index (Phi) is 8.71. The van der Waals surface area contributed by atoms with E-state index in [0.29, 0.717) is 29.8 Å². The van der Waals surface area contributed by atoms with Crippen LogP contribution in [0.4, 0.5) is 13.6 Å². The topological polar surface area (TPSA) is 73.4 Å². The van der Waals surface area contributed by atoms with Crippen molar-refractivity contribution in [1.29, 1.82) is 0 Å². The van der Waals surface area contributed by atoms with Crippen LogP contribution in [0.25, 0.3) is 6.08 Å². The third-order valence-electron chi connectivity index (χ3n) is 7.15. The smallest absolute Gasteiger partial charge is 0.293 e. The van der Waals surface area contributed by atoms with E-state index in [1.54, 1.807) is 30.3 Å². The summed E-state index contributed by atoms with van der Waals surface area (Å²) in [7, 11) is 0. The maximum Gasteiger partial charge on any atom is 0.293 e. The van der Waals surface area contributed by atoms with E-state index in [9.17, 15) is 23.2 Å². The van der Waals surface area contributed by atoms with Crippen molar-refractivity contribution < 1.29 is 27.9 Å². The number of carbonyl (C=O) groups excluding carboxylic acids is 3. The molecule has 3 aliphatic rings. The number of halogens is 2. The molecule has 0 atom stereocenters. The lowest BCUT2D eigenvalue weighted by atomic mass is 10.1. The van der Waals surface area contributed by atoms with Crippen LogP contribution < -0.4 is 0 Å². The van der Waals surface area contributed by atoms with Crippen molar-refractivity contribution >= 4 is 34.9 Å². The molecule has 0 spiro atoms. The number of imide groups is 1. The van der Waals surface area contributed by atoms with Crippen molar-refractivity contribution in [3.63, 3.8) is 0 Å². The average Bonchev–Trinajstić information content (AvgIpc) is 3.22. The summed E-state index contributed by atoms with van der Waals surface area (Å²) >= 11 is 0.791. The molecule has 3 heterocycles. The van der Waals surface area contributed by atoms with Crippen LogP contribution in [0.15, 0.2) is 47.4 Å². The summed E-state index contributed by atoms with van der Waals surface area (Å²) in [6, 6.07) is 10.2. The average molecular weight is 557 g/mol. The first-order valence-corrected chi connectivity index (χ1v) is 13.8. The minimum absolute atomic E-state index is 0.0266. The number of morpholine rings is 1. The van der Waals surface area contributed by atoms with Gasteiger partial charge in [-0.15, -0.1) is 0 Å². The number of rotatable bonds is 7. The molecule has 3 saturated heterocycles. The van der Waals surface area contributed by atoms with Crippen LogP contribution in [-0.2, 0) is 16.1 Å². The summed E-state index contributed by atoms with van der Waals surface area (Å²) in [4.78, 5) is 46.1. The largest absolute Gasteiger partial charge is 0.379 e. The highest BCUT2D eigenvalue weighted by Crippen LogP contribution is 2.33. The quantitative estimate of drug-likeness (QED) is 0.485. The van der Waals surface area contributed by atoms with Gasteiger partial charge in [-0.05, 0) is 53.2 Å². The summed E-state index contributed by atoms with van der Waals surface area (Å²) in [5, 5.41) is -0.480. The molecular weight excluding hydrogens is 526 g/mol. The van der Waals surface area contributed by atoms with Gasteiger partial charge in [0.05, 0.1) is 24.7 Å². The van der Waals surface area contributed by atoms with Crippen molar-refractivity contribution in [2.75, 3.05) is 65.6 Å². The van der Waals surface area contributed by atoms with Crippen molar-refractivity contribution in [2.24, 2.45) is 0 Å². The zero-order chi connectivity index (χ0) is 27.4. The van der Waals surface area contributed by atoms with Crippen molar-refractivity contribution in [3.05, 3.63) is 75.7 Å². The molecule has 0 radical (unpaired) electrons. The van der Waals surface area contributed by atoms with E-state index in [1.807, 2.05) is 4.90 Å². The third kappa shape index (κ3) is 6.73. The molecule has 0 unspecified atom stereocenters. The fourth-order valence-corrected chi connectivity index (χ4v) is 5.63. The third-order valence-corrected chi connectivity index (χ3v) is 8.06. The van der Waals surface area contributed by atoms with E-state index in [4.69, 9.17) is 4.74 Å². The zero-order valence-corrected chi connectivity index (χ0v) is 22.3. The molecule has 11 heteroatoms. The molecule has 0 aromatic heterocycles. The van der Waals surface area contributed by atoms with Crippen molar-refractivity contribution in [1.82, 2.24) is 19.6 Å². The number of carbonyl (C=O) groups is 3. The Morgan fingerprint density at radius 1 is 0.872 bits per heavy atom. The van der Waals surface area contributed by atoms with Crippen molar-refractivity contribution in [2.45, 2.75) is 6.54 Å². The number of benzene rings is 2. The summed E-state index contributed by atoms with van der Waals surface area (Å²) in [6.07, 6.45) is 1.59. The fraction of sp³-hybridized carbons (Fsp3) is 0.393. The van der Waals surface area contributed by atoms with Crippen LogP contribution in [-0.4, -0.2) is 102 Å². The maximum absolute atomic E-state index is 13.5. The normalized spacial score (nSPS) is 20.3. The Morgan fingerprint density at radius 2 is 1.54 bits per heavy atom. The lowest BCUT2D eigenvalue weighted by Crippen LogP contribution is -2.51. The molecule has 0 bridgehead atoms. The number of piperazine rings is 1. The Morgan fingerprint density at radius 3 is 2.21 bits per heavy atom. The zero-order valence-electron chi connectivity index (χ0n) is 21.5. The molecule has 206 valence electrons. The van der Waals surface area contributed by atoms with Gasteiger partial charge in [0.25, 0.3) is 17.1 Å².